The quantitative estimate of drug-likeness (QED) is 0.168. The van der Waals surface area contributed by atoms with Gasteiger partial charge in [-0.25, -0.2) is 0 Å². The summed E-state index contributed by atoms with van der Waals surface area (Å²) in [5.41, 5.74) is 11.3. The Morgan fingerprint density at radius 2 is 1.08 bits per heavy atom. The lowest BCUT2D eigenvalue weighted by Crippen LogP contribution is -2.14. The molecule has 8 aromatic rings. The largest absolute Gasteiger partial charge is 0.456 e. The fraction of sp³-hybridized carbons (Fsp3) is 0.0870. The fourth-order valence-corrected chi connectivity index (χ4v) is 6.99. The van der Waals surface area contributed by atoms with E-state index in [0.717, 1.165) is 67.2 Å². The van der Waals surface area contributed by atoms with Crippen molar-refractivity contribution in [2.24, 2.45) is 0 Å². The maximum atomic E-state index is 6.72. The van der Waals surface area contributed by atoms with Gasteiger partial charge in [0.25, 0.3) is 0 Å². The number of furan rings is 1. The monoisotopic (exact) mass is 668 g/mol. The van der Waals surface area contributed by atoms with E-state index in [4.69, 9.17) is 16.0 Å². The Morgan fingerprint density at radius 3 is 1.76 bits per heavy atom. The molecule has 0 amide bonds. The van der Waals surface area contributed by atoms with E-state index >= 15 is 0 Å². The molecule has 0 aliphatic carbocycles. The molecule has 7 aromatic carbocycles. The summed E-state index contributed by atoms with van der Waals surface area (Å²) in [6.45, 7) is 6.74. The number of halogens is 1. The van der Waals surface area contributed by atoms with Crippen molar-refractivity contribution in [3.05, 3.63) is 180 Å². The van der Waals surface area contributed by atoms with E-state index in [0.29, 0.717) is 5.02 Å². The van der Waals surface area contributed by atoms with E-state index in [1.807, 2.05) is 30.3 Å². The van der Waals surface area contributed by atoms with Crippen LogP contribution in [0.2, 0.25) is 5.02 Å². The molecule has 0 saturated heterocycles. The molecule has 244 valence electrons. The first-order valence-corrected chi connectivity index (χ1v) is 17.3. The predicted molar refractivity (Wildman–Crippen MR) is 212 cm³/mol. The highest BCUT2D eigenvalue weighted by molar-refractivity contribution is 6.31. The SMILES string of the molecule is CC(C)(C)c1ccc(-c2ccccc2N(c2cccc(Cl)c2)c2cc(N(c3ccccc3)c3ccccc3)c3c(c2)oc2ccccc23)cc1. The number of hydrogen-bond donors (Lipinski definition) is 0. The maximum Gasteiger partial charge on any atom is 0.139 e. The molecule has 0 spiro atoms. The normalized spacial score (nSPS) is 11.6. The molecule has 50 heavy (non-hydrogen) atoms. The third kappa shape index (κ3) is 5.91. The minimum Gasteiger partial charge on any atom is -0.456 e. The molecule has 0 radical (unpaired) electrons. The highest BCUT2D eigenvalue weighted by Crippen LogP contribution is 2.48. The Bertz CT molecular complexity index is 2390. The van der Waals surface area contributed by atoms with Gasteiger partial charge in [0, 0.05) is 39.1 Å². The van der Waals surface area contributed by atoms with Gasteiger partial charge in [0.1, 0.15) is 11.2 Å². The third-order valence-corrected chi connectivity index (χ3v) is 9.48. The maximum absolute atomic E-state index is 6.72. The summed E-state index contributed by atoms with van der Waals surface area (Å²) in [4.78, 5) is 4.62. The standard InChI is InChI=1S/C46H37ClN2O/c1-46(2,3)33-27-25-32(26-28-33)39-21-10-12-23-41(39)49(37-20-14-15-34(47)29-37)38-30-42(45-40-22-11-13-24-43(40)50-44(45)31-38)48(35-16-6-4-7-17-35)36-18-8-5-9-19-36/h4-31H,1-3H3. The molecule has 0 atom stereocenters. The molecule has 4 heteroatoms. The zero-order chi connectivity index (χ0) is 34.2. The number of rotatable bonds is 7. The van der Waals surface area contributed by atoms with Gasteiger partial charge in [-0.05, 0) is 77.2 Å². The number of benzene rings is 7. The van der Waals surface area contributed by atoms with Crippen molar-refractivity contribution < 1.29 is 4.42 Å². The van der Waals surface area contributed by atoms with Gasteiger partial charge in [0.2, 0.25) is 0 Å². The average molecular weight is 669 g/mol. The summed E-state index contributed by atoms with van der Waals surface area (Å²) in [5.74, 6) is 0. The van der Waals surface area contributed by atoms with Gasteiger partial charge in [-0.1, -0.05) is 136 Å². The summed E-state index contributed by atoms with van der Waals surface area (Å²) in [5, 5.41) is 2.78. The Balaban J connectivity index is 1.42. The highest BCUT2D eigenvalue weighted by atomic mass is 35.5. The Morgan fingerprint density at radius 1 is 0.480 bits per heavy atom. The Labute approximate surface area is 298 Å². The van der Waals surface area contributed by atoms with Crippen molar-refractivity contribution in [1.82, 2.24) is 0 Å². The van der Waals surface area contributed by atoms with Crippen LogP contribution in [0.3, 0.4) is 0 Å². The van der Waals surface area contributed by atoms with Crippen LogP contribution < -0.4 is 9.80 Å². The molecule has 1 aromatic heterocycles. The van der Waals surface area contributed by atoms with Crippen LogP contribution in [0, 0.1) is 0 Å². The minimum absolute atomic E-state index is 0.0621. The minimum atomic E-state index is 0.0621. The number of para-hydroxylation sites is 4. The molecular weight excluding hydrogens is 632 g/mol. The van der Waals surface area contributed by atoms with Gasteiger partial charge in [-0.2, -0.15) is 0 Å². The van der Waals surface area contributed by atoms with Crippen molar-refractivity contribution in [3.63, 3.8) is 0 Å². The van der Waals surface area contributed by atoms with Crippen molar-refractivity contribution in [1.29, 1.82) is 0 Å². The predicted octanol–water partition coefficient (Wildman–Crippen LogP) is 14.1. The van der Waals surface area contributed by atoms with Gasteiger partial charge < -0.3 is 14.2 Å². The van der Waals surface area contributed by atoms with E-state index in [9.17, 15) is 0 Å². The molecule has 0 bridgehead atoms. The number of nitrogens with zero attached hydrogens (tertiary/aromatic N) is 2. The lowest BCUT2D eigenvalue weighted by atomic mass is 9.86. The van der Waals surface area contributed by atoms with Crippen molar-refractivity contribution >= 4 is 67.7 Å². The Hall–Kier alpha value is -5.77. The topological polar surface area (TPSA) is 19.6 Å². The van der Waals surface area contributed by atoms with Crippen LogP contribution in [0.4, 0.5) is 34.1 Å². The average Bonchev–Trinajstić information content (AvgIpc) is 3.52. The van der Waals surface area contributed by atoms with E-state index in [1.165, 1.54) is 5.56 Å². The van der Waals surface area contributed by atoms with E-state index in [1.54, 1.807) is 0 Å². The first kappa shape index (κ1) is 31.5. The summed E-state index contributed by atoms with van der Waals surface area (Å²) in [7, 11) is 0. The van der Waals surface area contributed by atoms with Gasteiger partial charge >= 0.3 is 0 Å². The molecule has 0 saturated carbocycles. The van der Waals surface area contributed by atoms with Crippen molar-refractivity contribution in [2.45, 2.75) is 26.2 Å². The molecular formula is C46H37ClN2O. The molecule has 1 heterocycles. The van der Waals surface area contributed by atoms with Crippen LogP contribution in [0.25, 0.3) is 33.1 Å². The third-order valence-electron chi connectivity index (χ3n) is 9.24. The van der Waals surface area contributed by atoms with Crippen molar-refractivity contribution in [3.8, 4) is 11.1 Å². The summed E-state index contributed by atoms with van der Waals surface area (Å²) in [6, 6.07) is 59.4. The van der Waals surface area contributed by atoms with Crippen LogP contribution in [0.15, 0.2) is 174 Å². The van der Waals surface area contributed by atoms with Gasteiger partial charge in [0.05, 0.1) is 22.4 Å². The zero-order valence-corrected chi connectivity index (χ0v) is 29.1. The van der Waals surface area contributed by atoms with Gasteiger partial charge in [-0.15, -0.1) is 0 Å². The van der Waals surface area contributed by atoms with E-state index in [-0.39, 0.29) is 5.41 Å². The second-order valence-electron chi connectivity index (χ2n) is 13.6. The lowest BCUT2D eigenvalue weighted by Gasteiger charge is -2.31. The molecule has 0 aliphatic heterocycles. The zero-order valence-electron chi connectivity index (χ0n) is 28.3. The van der Waals surface area contributed by atoms with E-state index < -0.39 is 0 Å². The molecule has 0 N–H and O–H groups in total. The van der Waals surface area contributed by atoms with Crippen LogP contribution in [0.1, 0.15) is 26.3 Å². The van der Waals surface area contributed by atoms with Crippen LogP contribution in [0.5, 0.6) is 0 Å². The Kier molecular flexibility index (Phi) is 8.14. The number of anilines is 6. The summed E-state index contributed by atoms with van der Waals surface area (Å²) in [6.07, 6.45) is 0. The lowest BCUT2D eigenvalue weighted by molar-refractivity contribution is 0.590. The first-order valence-electron chi connectivity index (χ1n) is 17.0. The second kappa shape index (κ2) is 12.9. The van der Waals surface area contributed by atoms with Gasteiger partial charge in [0.15, 0.2) is 0 Å². The van der Waals surface area contributed by atoms with Crippen molar-refractivity contribution in [2.75, 3.05) is 9.80 Å². The molecule has 3 nitrogen and oxygen atoms in total. The molecule has 0 unspecified atom stereocenters. The molecule has 0 fully saturated rings. The number of fused-ring (bicyclic) bond motifs is 3. The summed E-state index contributed by atoms with van der Waals surface area (Å²) < 4.78 is 6.68. The number of hydrogen-bond acceptors (Lipinski definition) is 3. The molecule has 0 aliphatic rings. The fourth-order valence-electron chi connectivity index (χ4n) is 6.81. The second-order valence-corrected chi connectivity index (χ2v) is 14.0. The van der Waals surface area contributed by atoms with E-state index in [2.05, 4.69) is 170 Å². The molecule has 8 rings (SSSR count). The van der Waals surface area contributed by atoms with Crippen LogP contribution in [-0.2, 0) is 5.41 Å². The first-order chi connectivity index (χ1) is 24.3. The highest BCUT2D eigenvalue weighted by Gasteiger charge is 2.25. The smallest absolute Gasteiger partial charge is 0.139 e. The van der Waals surface area contributed by atoms with Crippen LogP contribution in [-0.4, -0.2) is 0 Å². The summed E-state index contributed by atoms with van der Waals surface area (Å²) >= 11 is 6.72. The van der Waals surface area contributed by atoms with Crippen LogP contribution >= 0.6 is 11.6 Å². The van der Waals surface area contributed by atoms with Gasteiger partial charge in [-0.3, -0.25) is 0 Å².